The number of fused-ring (bicyclic) bond motifs is 1. The molecule has 1 amide bonds. The van der Waals surface area contributed by atoms with Gasteiger partial charge in [-0.15, -0.1) is 0 Å². The minimum Gasteiger partial charge on any atom is -0.321 e. The van der Waals surface area contributed by atoms with Crippen molar-refractivity contribution in [2.75, 3.05) is 5.32 Å². The second kappa shape index (κ2) is 5.38. The second-order valence-corrected chi connectivity index (χ2v) is 4.90. The van der Waals surface area contributed by atoms with Crippen LogP contribution in [0.4, 0.5) is 18.9 Å². The molecule has 3 rings (SSSR count). The smallest absolute Gasteiger partial charge is 0.321 e. The highest BCUT2D eigenvalue weighted by molar-refractivity contribution is 6.03. The lowest BCUT2D eigenvalue weighted by atomic mass is 10.3. The molecule has 0 fully saturated rings. The number of amides is 1. The van der Waals surface area contributed by atoms with Crippen molar-refractivity contribution in [3.63, 3.8) is 0 Å². The molecule has 5 nitrogen and oxygen atoms in total. The monoisotopic (exact) mass is 320 g/mol. The number of hydrogen-bond donors (Lipinski definition) is 1. The van der Waals surface area contributed by atoms with E-state index in [1.807, 2.05) is 0 Å². The Hall–Kier alpha value is -2.90. The number of aryl methyl sites for hydroxylation is 1. The van der Waals surface area contributed by atoms with Crippen molar-refractivity contribution in [2.24, 2.45) is 0 Å². The number of nitrogens with one attached hydrogen (secondary N) is 1. The van der Waals surface area contributed by atoms with Gasteiger partial charge >= 0.3 is 6.18 Å². The summed E-state index contributed by atoms with van der Waals surface area (Å²) in [6.45, 7) is 1.45. The van der Waals surface area contributed by atoms with Gasteiger partial charge in [-0.05, 0) is 25.1 Å². The van der Waals surface area contributed by atoms with Crippen molar-refractivity contribution in [1.29, 1.82) is 0 Å². The topological polar surface area (TPSA) is 59.3 Å². The number of alkyl halides is 3. The average Bonchev–Trinajstić information content (AvgIpc) is 2.90. The van der Waals surface area contributed by atoms with Crippen LogP contribution in [0.15, 0.2) is 42.5 Å². The Labute approximate surface area is 128 Å². The van der Waals surface area contributed by atoms with E-state index in [0.29, 0.717) is 10.2 Å². The number of carbonyl (C=O) groups is 1. The first-order chi connectivity index (χ1) is 10.8. The molecule has 2 heterocycles. The molecule has 0 aliphatic rings. The van der Waals surface area contributed by atoms with E-state index in [4.69, 9.17) is 0 Å². The van der Waals surface area contributed by atoms with E-state index < -0.39 is 17.8 Å². The van der Waals surface area contributed by atoms with Crippen LogP contribution in [0.25, 0.3) is 5.65 Å². The number of halogens is 3. The van der Waals surface area contributed by atoms with Gasteiger partial charge in [0, 0.05) is 17.4 Å². The molecule has 0 saturated heterocycles. The molecule has 3 aromatic rings. The molecule has 1 N–H and O–H groups in total. The Morgan fingerprint density at radius 1 is 1.17 bits per heavy atom. The number of anilines is 1. The molecule has 118 valence electrons. The number of aromatic nitrogens is 3. The van der Waals surface area contributed by atoms with Gasteiger partial charge in [0.05, 0.1) is 0 Å². The van der Waals surface area contributed by atoms with Crippen molar-refractivity contribution in [3.05, 3.63) is 59.5 Å². The maximum Gasteiger partial charge on any atom is 0.433 e. The zero-order chi connectivity index (χ0) is 16.6. The first-order valence-corrected chi connectivity index (χ1v) is 6.65. The molecular formula is C15H11F3N4O. The van der Waals surface area contributed by atoms with Crippen molar-refractivity contribution < 1.29 is 18.0 Å². The Morgan fingerprint density at radius 2 is 1.87 bits per heavy atom. The highest BCUT2D eigenvalue weighted by Gasteiger charge is 2.35. The quantitative estimate of drug-likeness (QED) is 0.788. The third-order valence-corrected chi connectivity index (χ3v) is 3.11. The Balaban J connectivity index is 2.01. The van der Waals surface area contributed by atoms with Gasteiger partial charge in [0.2, 0.25) is 0 Å². The van der Waals surface area contributed by atoms with E-state index in [-0.39, 0.29) is 17.0 Å². The number of rotatable bonds is 2. The molecule has 0 atom stereocenters. The molecule has 23 heavy (non-hydrogen) atoms. The zero-order valence-corrected chi connectivity index (χ0v) is 11.9. The summed E-state index contributed by atoms with van der Waals surface area (Å²) in [5.74, 6) is -0.604. The van der Waals surface area contributed by atoms with Gasteiger partial charge in [0.25, 0.3) is 5.91 Å². The molecule has 0 aliphatic heterocycles. The highest BCUT2D eigenvalue weighted by atomic mass is 19.4. The Morgan fingerprint density at radius 3 is 2.52 bits per heavy atom. The van der Waals surface area contributed by atoms with Crippen LogP contribution in [0.3, 0.4) is 0 Å². The third kappa shape index (κ3) is 3.01. The summed E-state index contributed by atoms with van der Waals surface area (Å²) >= 11 is 0. The van der Waals surface area contributed by atoms with E-state index in [1.165, 1.54) is 13.0 Å². The fourth-order valence-electron chi connectivity index (χ4n) is 2.13. The molecule has 0 radical (unpaired) electrons. The summed E-state index contributed by atoms with van der Waals surface area (Å²) in [4.78, 5) is 16.1. The summed E-state index contributed by atoms with van der Waals surface area (Å²) in [6, 6.07) is 10.7. The van der Waals surface area contributed by atoms with Gasteiger partial charge < -0.3 is 5.32 Å². The van der Waals surface area contributed by atoms with Crippen molar-refractivity contribution in [2.45, 2.75) is 13.1 Å². The van der Waals surface area contributed by atoms with Crippen LogP contribution in [0.2, 0.25) is 0 Å². The standard InChI is InChI=1S/C15H11F3N4O/c1-9-7-12(15(16,17)18)22-13(19-9)8-11(21-22)14(23)20-10-5-3-2-4-6-10/h2-8H,1H3,(H,20,23). The first kappa shape index (κ1) is 15.0. The minimum atomic E-state index is -4.59. The Bertz CT molecular complexity index is 872. The Kier molecular flexibility index (Phi) is 3.51. The van der Waals surface area contributed by atoms with Crippen LogP contribution < -0.4 is 5.32 Å². The largest absolute Gasteiger partial charge is 0.433 e. The van der Waals surface area contributed by atoms with Gasteiger partial charge in [-0.3, -0.25) is 4.79 Å². The van der Waals surface area contributed by atoms with Gasteiger partial charge in [-0.2, -0.15) is 18.3 Å². The fourth-order valence-corrected chi connectivity index (χ4v) is 2.13. The summed E-state index contributed by atoms with van der Waals surface area (Å²) in [5, 5.41) is 6.31. The van der Waals surface area contributed by atoms with Crippen LogP contribution >= 0.6 is 0 Å². The van der Waals surface area contributed by atoms with E-state index >= 15 is 0 Å². The van der Waals surface area contributed by atoms with Crippen LogP contribution in [0.5, 0.6) is 0 Å². The fraction of sp³-hybridized carbons (Fsp3) is 0.133. The van der Waals surface area contributed by atoms with Crippen LogP contribution in [-0.4, -0.2) is 20.5 Å². The summed E-state index contributed by atoms with van der Waals surface area (Å²) in [6.07, 6.45) is -4.59. The highest BCUT2D eigenvalue weighted by Crippen LogP contribution is 2.29. The van der Waals surface area contributed by atoms with Crippen LogP contribution in [0, 0.1) is 6.92 Å². The molecular weight excluding hydrogens is 309 g/mol. The van der Waals surface area contributed by atoms with Crippen LogP contribution in [-0.2, 0) is 6.18 Å². The van der Waals surface area contributed by atoms with Gasteiger partial charge in [0.1, 0.15) is 5.69 Å². The van der Waals surface area contributed by atoms with E-state index in [0.717, 1.165) is 6.07 Å². The summed E-state index contributed by atoms with van der Waals surface area (Å²) in [7, 11) is 0. The van der Waals surface area contributed by atoms with E-state index in [1.54, 1.807) is 30.3 Å². The number of carbonyl (C=O) groups excluding carboxylic acids is 1. The van der Waals surface area contributed by atoms with Crippen LogP contribution in [0.1, 0.15) is 21.9 Å². The van der Waals surface area contributed by atoms with E-state index in [2.05, 4.69) is 15.4 Å². The lowest BCUT2D eigenvalue weighted by Crippen LogP contribution is -2.15. The third-order valence-electron chi connectivity index (χ3n) is 3.11. The van der Waals surface area contributed by atoms with E-state index in [9.17, 15) is 18.0 Å². The number of para-hydroxylation sites is 1. The molecule has 0 aliphatic carbocycles. The van der Waals surface area contributed by atoms with Crippen molar-refractivity contribution >= 4 is 17.2 Å². The normalized spacial score (nSPS) is 11.7. The molecule has 0 spiro atoms. The number of nitrogens with zero attached hydrogens (tertiary/aromatic N) is 3. The van der Waals surface area contributed by atoms with Gasteiger partial charge in [0.15, 0.2) is 11.3 Å². The SMILES string of the molecule is Cc1cc(C(F)(F)F)n2nc(C(=O)Nc3ccccc3)cc2n1. The second-order valence-electron chi connectivity index (χ2n) is 4.90. The molecule has 1 aromatic carbocycles. The van der Waals surface area contributed by atoms with Gasteiger partial charge in [-0.1, -0.05) is 18.2 Å². The maximum atomic E-state index is 13.1. The zero-order valence-electron chi connectivity index (χ0n) is 11.9. The van der Waals surface area contributed by atoms with Crippen molar-refractivity contribution in [1.82, 2.24) is 14.6 Å². The minimum absolute atomic E-state index is 0.0319. The summed E-state index contributed by atoms with van der Waals surface area (Å²) in [5.41, 5.74) is -0.429. The molecule has 0 saturated carbocycles. The lowest BCUT2D eigenvalue weighted by Gasteiger charge is -2.09. The summed E-state index contributed by atoms with van der Waals surface area (Å²) < 4.78 is 39.8. The molecule has 2 aromatic heterocycles. The van der Waals surface area contributed by atoms with Gasteiger partial charge in [-0.25, -0.2) is 9.50 Å². The number of benzene rings is 1. The number of hydrogen-bond acceptors (Lipinski definition) is 3. The molecule has 0 unspecified atom stereocenters. The average molecular weight is 320 g/mol. The first-order valence-electron chi connectivity index (χ1n) is 6.65. The predicted molar refractivity (Wildman–Crippen MR) is 77.1 cm³/mol. The lowest BCUT2D eigenvalue weighted by molar-refractivity contribution is -0.142. The maximum absolute atomic E-state index is 13.1. The molecule has 8 heteroatoms. The predicted octanol–water partition coefficient (Wildman–Crippen LogP) is 3.31. The molecule has 0 bridgehead atoms. The van der Waals surface area contributed by atoms with Crippen molar-refractivity contribution in [3.8, 4) is 0 Å².